The van der Waals surface area contributed by atoms with Crippen molar-refractivity contribution in [2.24, 2.45) is 4.99 Å². The highest BCUT2D eigenvalue weighted by Crippen LogP contribution is 2.23. The smallest absolute Gasteiger partial charge is 0.156 e. The Labute approximate surface area is 124 Å². The van der Waals surface area contributed by atoms with Crippen molar-refractivity contribution in [3.63, 3.8) is 0 Å². The van der Waals surface area contributed by atoms with E-state index >= 15 is 0 Å². The van der Waals surface area contributed by atoms with Gasteiger partial charge in [-0.3, -0.25) is 4.99 Å². The first-order chi connectivity index (χ1) is 9.36. The van der Waals surface area contributed by atoms with Crippen LogP contribution in [0, 0.1) is 0 Å². The van der Waals surface area contributed by atoms with Gasteiger partial charge in [-0.15, -0.1) is 0 Å². The monoisotopic (exact) mass is 284 g/mol. The van der Waals surface area contributed by atoms with Crippen LogP contribution in [0.5, 0.6) is 0 Å². The lowest BCUT2D eigenvalue weighted by Crippen LogP contribution is -2.20. The van der Waals surface area contributed by atoms with Gasteiger partial charge in [0.05, 0.1) is 6.54 Å². The van der Waals surface area contributed by atoms with E-state index in [4.69, 9.17) is 0 Å². The number of aliphatic imine (C=N–C) groups is 1. The minimum atomic E-state index is 0.742. The summed E-state index contributed by atoms with van der Waals surface area (Å²) in [6.45, 7) is 6.67. The number of nitrogens with zero attached hydrogens (tertiary/aromatic N) is 1. The Bertz CT molecular complexity index is 241. The summed E-state index contributed by atoms with van der Waals surface area (Å²) in [5, 5.41) is 5.43. The van der Waals surface area contributed by atoms with Crippen molar-refractivity contribution in [1.82, 2.24) is 5.32 Å². The number of thioether (sulfide) groups is 1. The molecule has 0 radical (unpaired) electrons. The molecule has 1 atom stereocenters. The number of hydrogen-bond acceptors (Lipinski definition) is 3. The first-order valence-electron chi connectivity index (χ1n) is 8.31. The molecule has 0 saturated heterocycles. The van der Waals surface area contributed by atoms with Crippen LogP contribution >= 0.6 is 11.8 Å². The van der Waals surface area contributed by atoms with Crippen molar-refractivity contribution in [2.45, 2.75) is 83.3 Å². The van der Waals surface area contributed by atoms with E-state index in [2.05, 4.69) is 24.2 Å². The van der Waals surface area contributed by atoms with Crippen molar-refractivity contribution in [3.05, 3.63) is 0 Å². The summed E-state index contributed by atoms with van der Waals surface area (Å²) in [6, 6.07) is 0. The minimum absolute atomic E-state index is 0.742. The van der Waals surface area contributed by atoms with E-state index in [9.17, 15) is 0 Å². The number of hydrogen-bond donors (Lipinski definition) is 1. The second-order valence-corrected chi connectivity index (χ2v) is 6.87. The van der Waals surface area contributed by atoms with E-state index in [1.54, 1.807) is 0 Å². The molecule has 1 rings (SSSR count). The van der Waals surface area contributed by atoms with Crippen LogP contribution in [-0.2, 0) is 0 Å². The summed E-state index contributed by atoms with van der Waals surface area (Å²) in [4.78, 5) is 4.57. The molecule has 1 aliphatic rings. The Hall–Kier alpha value is -0.180. The average molecular weight is 285 g/mol. The van der Waals surface area contributed by atoms with Crippen molar-refractivity contribution in [1.29, 1.82) is 0 Å². The Morgan fingerprint density at radius 1 is 1.00 bits per heavy atom. The molecule has 2 nitrogen and oxygen atoms in total. The van der Waals surface area contributed by atoms with Crippen molar-refractivity contribution in [3.8, 4) is 0 Å². The number of unbranched alkanes of at least 4 members (excludes halogenated alkanes) is 7. The lowest BCUT2D eigenvalue weighted by atomic mass is 10.1. The van der Waals surface area contributed by atoms with Crippen LogP contribution in [0.3, 0.4) is 0 Å². The zero-order valence-electron chi connectivity index (χ0n) is 12.9. The molecular formula is C16H32N2S. The first kappa shape index (κ1) is 16.9. The van der Waals surface area contributed by atoms with Crippen LogP contribution in [0.4, 0.5) is 0 Å². The van der Waals surface area contributed by atoms with Gasteiger partial charge < -0.3 is 5.32 Å². The van der Waals surface area contributed by atoms with Crippen LogP contribution in [0.2, 0.25) is 0 Å². The van der Waals surface area contributed by atoms with Gasteiger partial charge in [-0.05, 0) is 12.8 Å². The number of amidine groups is 1. The maximum Gasteiger partial charge on any atom is 0.156 e. The predicted octanol–water partition coefficient (Wildman–Crippen LogP) is 4.99. The van der Waals surface area contributed by atoms with E-state index in [1.165, 1.54) is 69.4 Å². The predicted molar refractivity (Wildman–Crippen MR) is 89.2 cm³/mol. The second-order valence-electron chi connectivity index (χ2n) is 5.58. The molecule has 1 unspecified atom stereocenters. The summed E-state index contributed by atoms with van der Waals surface area (Å²) < 4.78 is 0. The molecule has 1 N–H and O–H groups in total. The van der Waals surface area contributed by atoms with Crippen molar-refractivity contribution >= 4 is 16.9 Å². The zero-order chi connectivity index (χ0) is 13.8. The normalized spacial score (nSPS) is 18.6. The fourth-order valence-corrected chi connectivity index (χ4v) is 3.59. The average Bonchev–Trinajstić information content (AvgIpc) is 2.85. The fraction of sp³-hybridized carbons (Fsp3) is 0.938. The van der Waals surface area contributed by atoms with Crippen molar-refractivity contribution < 1.29 is 0 Å². The molecule has 19 heavy (non-hydrogen) atoms. The molecule has 3 heteroatoms. The number of rotatable bonds is 11. The molecule has 1 heterocycles. The van der Waals surface area contributed by atoms with Crippen LogP contribution in [-0.4, -0.2) is 23.5 Å². The van der Waals surface area contributed by atoms with Crippen LogP contribution < -0.4 is 5.32 Å². The Balaban J connectivity index is 1.84. The van der Waals surface area contributed by atoms with E-state index < -0.39 is 0 Å². The molecule has 112 valence electrons. The molecule has 1 aliphatic heterocycles. The number of nitrogens with one attached hydrogen (secondary N) is 1. The van der Waals surface area contributed by atoms with Gasteiger partial charge in [-0.1, -0.05) is 77.0 Å². The highest BCUT2D eigenvalue weighted by molar-refractivity contribution is 8.14. The zero-order valence-corrected chi connectivity index (χ0v) is 13.7. The topological polar surface area (TPSA) is 24.4 Å². The highest BCUT2D eigenvalue weighted by atomic mass is 32.2. The highest BCUT2D eigenvalue weighted by Gasteiger charge is 2.17. The third-order valence-electron chi connectivity index (χ3n) is 3.63. The van der Waals surface area contributed by atoms with Gasteiger partial charge in [0.15, 0.2) is 5.17 Å². The van der Waals surface area contributed by atoms with Crippen molar-refractivity contribution in [2.75, 3.05) is 13.1 Å². The Kier molecular flexibility index (Phi) is 10.3. The summed E-state index contributed by atoms with van der Waals surface area (Å²) in [5.74, 6) is 0. The molecule has 0 aromatic rings. The molecule has 0 aromatic carbocycles. The van der Waals surface area contributed by atoms with Crippen LogP contribution in [0.15, 0.2) is 4.99 Å². The molecule has 0 fully saturated rings. The summed E-state index contributed by atoms with van der Waals surface area (Å²) in [6.07, 6.45) is 13.7. The van der Waals surface area contributed by atoms with E-state index in [1.807, 2.05) is 11.8 Å². The van der Waals surface area contributed by atoms with E-state index in [-0.39, 0.29) is 0 Å². The van der Waals surface area contributed by atoms with Crippen LogP contribution in [0.25, 0.3) is 0 Å². The summed E-state index contributed by atoms with van der Waals surface area (Å²) >= 11 is 1.95. The van der Waals surface area contributed by atoms with Gasteiger partial charge in [-0.25, -0.2) is 0 Å². The first-order valence-corrected chi connectivity index (χ1v) is 9.19. The SMILES string of the molecule is CCCCCCCCCCNC1=NCC(CCC)S1. The maximum absolute atomic E-state index is 4.57. The van der Waals surface area contributed by atoms with Gasteiger partial charge in [0.1, 0.15) is 0 Å². The maximum atomic E-state index is 4.57. The van der Waals surface area contributed by atoms with Gasteiger partial charge in [0.2, 0.25) is 0 Å². The fourth-order valence-electron chi connectivity index (χ4n) is 2.44. The van der Waals surface area contributed by atoms with Gasteiger partial charge in [-0.2, -0.15) is 0 Å². The molecule has 0 aliphatic carbocycles. The standard InChI is InChI=1S/C16H32N2S/c1-3-5-6-7-8-9-10-11-13-17-16-18-14-15(19-16)12-4-2/h15H,3-14H2,1-2H3,(H,17,18). The Morgan fingerprint density at radius 2 is 1.68 bits per heavy atom. The Morgan fingerprint density at radius 3 is 2.37 bits per heavy atom. The third kappa shape index (κ3) is 8.56. The van der Waals surface area contributed by atoms with Gasteiger partial charge >= 0.3 is 0 Å². The van der Waals surface area contributed by atoms with E-state index in [0.29, 0.717) is 0 Å². The molecular weight excluding hydrogens is 252 g/mol. The molecule has 0 bridgehead atoms. The summed E-state index contributed by atoms with van der Waals surface area (Å²) in [7, 11) is 0. The van der Waals surface area contributed by atoms with E-state index in [0.717, 1.165) is 18.3 Å². The lowest BCUT2D eigenvalue weighted by Gasteiger charge is -2.07. The second kappa shape index (κ2) is 11.6. The summed E-state index contributed by atoms with van der Waals surface area (Å²) in [5.41, 5.74) is 0. The minimum Gasteiger partial charge on any atom is -0.365 e. The third-order valence-corrected chi connectivity index (χ3v) is 4.85. The largest absolute Gasteiger partial charge is 0.365 e. The quantitative estimate of drug-likeness (QED) is 0.541. The molecule has 0 amide bonds. The molecule has 0 saturated carbocycles. The molecule has 0 aromatic heterocycles. The van der Waals surface area contributed by atoms with Gasteiger partial charge in [0.25, 0.3) is 0 Å². The molecule has 0 spiro atoms. The van der Waals surface area contributed by atoms with Crippen LogP contribution in [0.1, 0.15) is 78.1 Å². The van der Waals surface area contributed by atoms with Gasteiger partial charge in [0, 0.05) is 11.8 Å². The lowest BCUT2D eigenvalue weighted by molar-refractivity contribution is 0.573.